The molecule has 1 fully saturated rings. The molecule has 1 saturated heterocycles. The van der Waals surface area contributed by atoms with Crippen LogP contribution in [0.3, 0.4) is 0 Å². The van der Waals surface area contributed by atoms with Gasteiger partial charge in [-0.1, -0.05) is 0 Å². The van der Waals surface area contributed by atoms with Crippen molar-refractivity contribution in [2.24, 2.45) is 0 Å². The lowest BCUT2D eigenvalue weighted by molar-refractivity contribution is -0.138. The van der Waals surface area contributed by atoms with Gasteiger partial charge in [0, 0.05) is 26.1 Å². The van der Waals surface area contributed by atoms with E-state index in [2.05, 4.69) is 5.32 Å². The lowest BCUT2D eigenvalue weighted by Crippen LogP contribution is -2.45. The summed E-state index contributed by atoms with van der Waals surface area (Å²) in [5, 5.41) is 11.4. The zero-order chi connectivity index (χ0) is 10.6. The van der Waals surface area contributed by atoms with E-state index in [-0.39, 0.29) is 30.9 Å². The number of nitrogens with one attached hydrogen (secondary N) is 1. The minimum absolute atomic E-state index is 0. The van der Waals surface area contributed by atoms with Crippen molar-refractivity contribution in [3.8, 4) is 0 Å². The summed E-state index contributed by atoms with van der Waals surface area (Å²) < 4.78 is 0. The van der Waals surface area contributed by atoms with E-state index >= 15 is 0 Å². The van der Waals surface area contributed by atoms with E-state index in [1.165, 1.54) is 6.92 Å². The number of rotatable bonds is 3. The van der Waals surface area contributed by atoms with Crippen molar-refractivity contribution in [2.45, 2.75) is 25.8 Å². The molecular weight excluding hydrogens is 220 g/mol. The normalized spacial score (nSPS) is 17.9. The number of carboxylic acids is 1. The summed E-state index contributed by atoms with van der Waals surface area (Å²) in [7, 11) is 0. The molecule has 6 heteroatoms. The van der Waals surface area contributed by atoms with Crippen LogP contribution in [0.1, 0.15) is 19.8 Å². The molecule has 2 N–H and O–H groups in total. The molecule has 0 saturated carbocycles. The second kappa shape index (κ2) is 6.63. The van der Waals surface area contributed by atoms with E-state index in [1.54, 1.807) is 0 Å². The van der Waals surface area contributed by atoms with Crippen molar-refractivity contribution in [3.05, 3.63) is 0 Å². The summed E-state index contributed by atoms with van der Waals surface area (Å²) in [6, 6.07) is 0.220. The average Bonchev–Trinajstić information content (AvgIpc) is 2.06. The van der Waals surface area contributed by atoms with Crippen LogP contribution in [0.25, 0.3) is 0 Å². The molecule has 1 aliphatic heterocycles. The highest BCUT2D eigenvalue weighted by Gasteiger charge is 2.20. The SMILES string of the molecule is CC(=O)NC1CCN(CC(=O)O)CC1.Cl. The third-order valence-corrected chi connectivity index (χ3v) is 2.35. The first kappa shape index (κ1) is 14.2. The third kappa shape index (κ3) is 5.59. The van der Waals surface area contributed by atoms with Gasteiger partial charge in [-0.05, 0) is 12.8 Å². The number of hydrogen-bond acceptors (Lipinski definition) is 3. The monoisotopic (exact) mass is 236 g/mol. The molecule has 0 aliphatic carbocycles. The van der Waals surface area contributed by atoms with Gasteiger partial charge in [0.15, 0.2) is 0 Å². The Labute approximate surface area is 95.2 Å². The molecule has 1 aliphatic rings. The van der Waals surface area contributed by atoms with Crippen molar-refractivity contribution in [1.82, 2.24) is 10.2 Å². The van der Waals surface area contributed by atoms with Crippen LogP contribution in [0.2, 0.25) is 0 Å². The Hall–Kier alpha value is -0.810. The Kier molecular flexibility index (Phi) is 6.27. The van der Waals surface area contributed by atoms with Gasteiger partial charge in [-0.15, -0.1) is 12.4 Å². The molecule has 0 atom stereocenters. The summed E-state index contributed by atoms with van der Waals surface area (Å²) in [5.41, 5.74) is 0. The van der Waals surface area contributed by atoms with Crippen molar-refractivity contribution in [2.75, 3.05) is 19.6 Å². The molecule has 0 aromatic rings. The molecular formula is C9H17ClN2O3. The van der Waals surface area contributed by atoms with Crippen molar-refractivity contribution in [1.29, 1.82) is 0 Å². The molecule has 0 unspecified atom stereocenters. The standard InChI is InChI=1S/C9H16N2O3.ClH/c1-7(12)10-8-2-4-11(5-3-8)6-9(13)14;/h8H,2-6H2,1H3,(H,10,12)(H,13,14);1H. The van der Waals surface area contributed by atoms with Crippen LogP contribution in [0.15, 0.2) is 0 Å². The zero-order valence-electron chi connectivity index (χ0n) is 8.73. The van der Waals surface area contributed by atoms with Gasteiger partial charge in [0.2, 0.25) is 5.91 Å². The molecule has 0 bridgehead atoms. The second-order valence-electron chi connectivity index (χ2n) is 3.64. The first-order chi connectivity index (χ1) is 6.58. The number of carbonyl (C=O) groups is 2. The topological polar surface area (TPSA) is 69.6 Å². The Bertz CT molecular complexity index is 203. The van der Waals surface area contributed by atoms with Gasteiger partial charge >= 0.3 is 5.97 Å². The van der Waals surface area contributed by atoms with E-state index < -0.39 is 5.97 Å². The van der Waals surface area contributed by atoms with E-state index in [1.807, 2.05) is 4.90 Å². The molecule has 5 nitrogen and oxygen atoms in total. The maximum atomic E-state index is 10.8. The molecule has 1 heterocycles. The maximum Gasteiger partial charge on any atom is 0.317 e. The van der Waals surface area contributed by atoms with E-state index in [4.69, 9.17) is 5.11 Å². The minimum Gasteiger partial charge on any atom is -0.480 e. The Morgan fingerprint density at radius 1 is 1.40 bits per heavy atom. The molecule has 88 valence electrons. The van der Waals surface area contributed by atoms with Crippen molar-refractivity contribution >= 4 is 24.3 Å². The molecule has 0 radical (unpaired) electrons. The smallest absolute Gasteiger partial charge is 0.317 e. The number of likely N-dealkylation sites (tertiary alicyclic amines) is 1. The summed E-state index contributed by atoms with van der Waals surface area (Å²) >= 11 is 0. The van der Waals surface area contributed by atoms with Gasteiger partial charge in [-0.25, -0.2) is 0 Å². The predicted octanol–water partition coefficient (Wildman–Crippen LogP) is 0.0933. The van der Waals surface area contributed by atoms with Crippen molar-refractivity contribution < 1.29 is 14.7 Å². The fraction of sp³-hybridized carbons (Fsp3) is 0.778. The first-order valence-electron chi connectivity index (χ1n) is 4.79. The Morgan fingerprint density at radius 3 is 2.33 bits per heavy atom. The summed E-state index contributed by atoms with van der Waals surface area (Å²) in [6.45, 7) is 3.10. The number of carbonyl (C=O) groups excluding carboxylic acids is 1. The summed E-state index contributed by atoms with van der Waals surface area (Å²) in [4.78, 5) is 23.1. The lowest BCUT2D eigenvalue weighted by atomic mass is 10.1. The van der Waals surface area contributed by atoms with Gasteiger partial charge in [-0.2, -0.15) is 0 Å². The van der Waals surface area contributed by atoms with Crippen molar-refractivity contribution in [3.63, 3.8) is 0 Å². The highest BCUT2D eigenvalue weighted by atomic mass is 35.5. The van der Waals surface area contributed by atoms with Crippen LogP contribution in [0.4, 0.5) is 0 Å². The Morgan fingerprint density at radius 2 is 1.93 bits per heavy atom. The number of nitrogens with zero attached hydrogens (tertiary/aromatic N) is 1. The van der Waals surface area contributed by atoms with Gasteiger partial charge in [0.05, 0.1) is 6.54 Å². The number of hydrogen-bond donors (Lipinski definition) is 2. The lowest BCUT2D eigenvalue weighted by Gasteiger charge is -2.30. The highest BCUT2D eigenvalue weighted by molar-refractivity contribution is 5.85. The second-order valence-corrected chi connectivity index (χ2v) is 3.64. The summed E-state index contributed by atoms with van der Waals surface area (Å²) in [6.07, 6.45) is 1.68. The molecule has 15 heavy (non-hydrogen) atoms. The predicted molar refractivity (Wildman–Crippen MR) is 58.2 cm³/mol. The summed E-state index contributed by atoms with van der Waals surface area (Å²) in [5.74, 6) is -0.801. The van der Waals surface area contributed by atoms with Gasteiger partial charge in [0.1, 0.15) is 0 Å². The number of aliphatic carboxylic acids is 1. The van der Waals surface area contributed by atoms with E-state index in [0.717, 1.165) is 25.9 Å². The largest absolute Gasteiger partial charge is 0.480 e. The quantitative estimate of drug-likeness (QED) is 0.729. The van der Waals surface area contributed by atoms with Gasteiger partial charge < -0.3 is 10.4 Å². The van der Waals surface area contributed by atoms with E-state index in [0.29, 0.717) is 0 Å². The number of amides is 1. The van der Waals surface area contributed by atoms with Crippen LogP contribution in [-0.4, -0.2) is 47.6 Å². The van der Waals surface area contributed by atoms with Crippen LogP contribution < -0.4 is 5.32 Å². The van der Waals surface area contributed by atoms with Crippen LogP contribution in [0.5, 0.6) is 0 Å². The zero-order valence-corrected chi connectivity index (χ0v) is 9.55. The van der Waals surface area contributed by atoms with Crippen LogP contribution >= 0.6 is 12.4 Å². The fourth-order valence-corrected chi connectivity index (χ4v) is 1.71. The number of carboxylic acid groups (broad SMARTS) is 1. The van der Waals surface area contributed by atoms with Crippen LogP contribution in [-0.2, 0) is 9.59 Å². The van der Waals surface area contributed by atoms with Gasteiger partial charge in [0.25, 0.3) is 0 Å². The third-order valence-electron chi connectivity index (χ3n) is 2.35. The molecule has 0 aromatic carbocycles. The van der Waals surface area contributed by atoms with Gasteiger partial charge in [-0.3, -0.25) is 14.5 Å². The molecule has 1 rings (SSSR count). The average molecular weight is 237 g/mol. The Balaban J connectivity index is 0.00000196. The number of halogens is 1. The molecule has 0 aromatic heterocycles. The first-order valence-corrected chi connectivity index (χ1v) is 4.79. The minimum atomic E-state index is -0.789. The fourth-order valence-electron chi connectivity index (χ4n) is 1.71. The van der Waals surface area contributed by atoms with E-state index in [9.17, 15) is 9.59 Å². The maximum absolute atomic E-state index is 10.8. The van der Waals surface area contributed by atoms with Crippen LogP contribution in [0, 0.1) is 0 Å². The molecule has 1 amide bonds. The highest BCUT2D eigenvalue weighted by Crippen LogP contribution is 2.09. The number of piperidine rings is 1. The molecule has 0 spiro atoms.